The molecule has 2 aromatic rings. The summed E-state index contributed by atoms with van der Waals surface area (Å²) >= 11 is 1.73. The predicted molar refractivity (Wildman–Crippen MR) is 74.3 cm³/mol. The Hall–Kier alpha value is -1.19. The Bertz CT molecular complexity index is 518. The van der Waals surface area contributed by atoms with Crippen LogP contribution in [0.4, 0.5) is 4.39 Å². The SMILES string of the molecule is C=C(c1ccc2sccc2c1)C(CCF)NC. The molecule has 0 saturated carbocycles. The highest BCUT2D eigenvalue weighted by Crippen LogP contribution is 2.26. The Balaban J connectivity index is 2.28. The van der Waals surface area contributed by atoms with Crippen molar-refractivity contribution in [2.24, 2.45) is 0 Å². The zero-order chi connectivity index (χ0) is 12.3. The van der Waals surface area contributed by atoms with Gasteiger partial charge in [-0.05, 0) is 53.6 Å². The van der Waals surface area contributed by atoms with Crippen molar-refractivity contribution in [1.29, 1.82) is 0 Å². The van der Waals surface area contributed by atoms with Gasteiger partial charge in [0.05, 0.1) is 6.67 Å². The lowest BCUT2D eigenvalue weighted by molar-refractivity contribution is 0.443. The fourth-order valence-electron chi connectivity index (χ4n) is 1.97. The smallest absolute Gasteiger partial charge is 0.0912 e. The van der Waals surface area contributed by atoms with Crippen molar-refractivity contribution in [2.75, 3.05) is 13.7 Å². The fraction of sp³-hybridized carbons (Fsp3) is 0.286. The molecule has 0 radical (unpaired) electrons. The van der Waals surface area contributed by atoms with Crippen LogP contribution in [0.1, 0.15) is 12.0 Å². The number of fused-ring (bicyclic) bond motifs is 1. The molecule has 1 heterocycles. The number of rotatable bonds is 5. The van der Waals surface area contributed by atoms with Gasteiger partial charge in [0.15, 0.2) is 0 Å². The third kappa shape index (κ3) is 2.56. The van der Waals surface area contributed by atoms with Crippen LogP contribution >= 0.6 is 11.3 Å². The van der Waals surface area contributed by atoms with E-state index in [4.69, 9.17) is 0 Å². The second-order valence-electron chi connectivity index (χ2n) is 4.02. The summed E-state index contributed by atoms with van der Waals surface area (Å²) in [7, 11) is 1.84. The minimum absolute atomic E-state index is 0.0103. The van der Waals surface area contributed by atoms with Crippen molar-refractivity contribution >= 4 is 27.0 Å². The summed E-state index contributed by atoms with van der Waals surface area (Å²) < 4.78 is 13.7. The summed E-state index contributed by atoms with van der Waals surface area (Å²) in [5.74, 6) is 0. The van der Waals surface area contributed by atoms with Gasteiger partial charge in [-0.25, -0.2) is 0 Å². The van der Waals surface area contributed by atoms with Gasteiger partial charge < -0.3 is 5.32 Å². The first-order valence-electron chi connectivity index (χ1n) is 5.66. The van der Waals surface area contributed by atoms with Crippen LogP contribution in [0.25, 0.3) is 15.7 Å². The monoisotopic (exact) mass is 249 g/mol. The summed E-state index contributed by atoms with van der Waals surface area (Å²) in [6.45, 7) is 3.75. The number of thiophene rings is 1. The van der Waals surface area contributed by atoms with E-state index < -0.39 is 0 Å². The van der Waals surface area contributed by atoms with Gasteiger partial charge in [0.25, 0.3) is 0 Å². The van der Waals surface area contributed by atoms with Gasteiger partial charge >= 0.3 is 0 Å². The highest BCUT2D eigenvalue weighted by atomic mass is 32.1. The highest BCUT2D eigenvalue weighted by molar-refractivity contribution is 7.17. The van der Waals surface area contributed by atoms with Gasteiger partial charge in [0.1, 0.15) is 0 Å². The van der Waals surface area contributed by atoms with Crippen molar-refractivity contribution in [2.45, 2.75) is 12.5 Å². The summed E-state index contributed by atoms with van der Waals surface area (Å²) in [5, 5.41) is 6.41. The molecule has 2 rings (SSSR count). The summed E-state index contributed by atoms with van der Waals surface area (Å²) in [5.41, 5.74) is 2.04. The molecule has 3 heteroatoms. The van der Waals surface area contributed by atoms with Gasteiger partial charge in [-0.1, -0.05) is 12.6 Å². The molecule has 0 fully saturated rings. The molecule has 1 nitrogen and oxygen atoms in total. The van der Waals surface area contributed by atoms with Gasteiger partial charge in [-0.3, -0.25) is 4.39 Å². The van der Waals surface area contributed by atoms with Gasteiger partial charge in [0, 0.05) is 10.7 Å². The molecule has 0 bridgehead atoms. The molecule has 0 aliphatic carbocycles. The van der Waals surface area contributed by atoms with Crippen molar-refractivity contribution in [3.05, 3.63) is 41.8 Å². The lowest BCUT2D eigenvalue weighted by Gasteiger charge is -2.17. The maximum absolute atomic E-state index is 12.4. The van der Waals surface area contributed by atoms with Crippen LogP contribution in [-0.4, -0.2) is 19.8 Å². The van der Waals surface area contributed by atoms with E-state index in [0.717, 1.165) is 11.1 Å². The lowest BCUT2D eigenvalue weighted by Crippen LogP contribution is -2.26. The molecule has 1 aromatic heterocycles. The van der Waals surface area contributed by atoms with Crippen molar-refractivity contribution < 1.29 is 4.39 Å². The third-order valence-corrected chi connectivity index (χ3v) is 3.89. The van der Waals surface area contributed by atoms with Crippen LogP contribution in [-0.2, 0) is 0 Å². The topological polar surface area (TPSA) is 12.0 Å². The molecule has 0 aliphatic heterocycles. The second kappa shape index (κ2) is 5.43. The Kier molecular flexibility index (Phi) is 3.92. The number of nitrogens with one attached hydrogen (secondary N) is 1. The first-order valence-corrected chi connectivity index (χ1v) is 6.54. The summed E-state index contributed by atoms with van der Waals surface area (Å²) in [4.78, 5) is 0. The van der Waals surface area contributed by atoms with Crippen molar-refractivity contribution in [3.63, 3.8) is 0 Å². The largest absolute Gasteiger partial charge is 0.313 e. The Morgan fingerprint density at radius 1 is 1.47 bits per heavy atom. The molecule has 1 atom stereocenters. The number of hydrogen-bond acceptors (Lipinski definition) is 2. The predicted octanol–water partition coefficient (Wildman–Crippen LogP) is 3.86. The average Bonchev–Trinajstić information content (AvgIpc) is 2.82. The van der Waals surface area contributed by atoms with Crippen LogP contribution in [0.5, 0.6) is 0 Å². The summed E-state index contributed by atoms with van der Waals surface area (Å²) in [6.07, 6.45) is 0.469. The molecule has 1 aromatic carbocycles. The van der Waals surface area contributed by atoms with E-state index in [1.54, 1.807) is 11.3 Å². The van der Waals surface area contributed by atoms with Gasteiger partial charge in [0.2, 0.25) is 0 Å². The number of alkyl halides is 1. The van der Waals surface area contributed by atoms with E-state index >= 15 is 0 Å². The molecule has 17 heavy (non-hydrogen) atoms. The van der Waals surface area contributed by atoms with Crippen LogP contribution in [0, 0.1) is 0 Å². The molecule has 0 amide bonds. The standard InChI is InChI=1S/C14H16FNS/c1-10(13(16-2)5-7-15)11-3-4-14-12(9-11)6-8-17-14/h3-4,6,8-9,13,16H,1,5,7H2,2H3. The quantitative estimate of drug-likeness (QED) is 0.848. The Morgan fingerprint density at radius 3 is 3.00 bits per heavy atom. The minimum Gasteiger partial charge on any atom is -0.313 e. The van der Waals surface area contributed by atoms with Gasteiger partial charge in [-0.15, -0.1) is 11.3 Å². The minimum atomic E-state index is -0.328. The molecule has 90 valence electrons. The molecular formula is C14H16FNS. The molecule has 0 aliphatic rings. The van der Waals surface area contributed by atoms with E-state index in [-0.39, 0.29) is 12.7 Å². The third-order valence-electron chi connectivity index (χ3n) is 2.99. The molecule has 0 saturated heterocycles. The van der Waals surface area contributed by atoms with Crippen molar-refractivity contribution in [1.82, 2.24) is 5.32 Å². The lowest BCUT2D eigenvalue weighted by atomic mass is 9.97. The second-order valence-corrected chi connectivity index (χ2v) is 4.97. The Morgan fingerprint density at radius 2 is 2.29 bits per heavy atom. The molecule has 1 unspecified atom stereocenters. The van der Waals surface area contributed by atoms with E-state index in [0.29, 0.717) is 6.42 Å². The van der Waals surface area contributed by atoms with Gasteiger partial charge in [-0.2, -0.15) is 0 Å². The van der Waals surface area contributed by atoms with E-state index in [9.17, 15) is 4.39 Å². The van der Waals surface area contributed by atoms with Crippen LogP contribution in [0.3, 0.4) is 0 Å². The first kappa shape index (κ1) is 12.3. The maximum atomic E-state index is 12.4. The zero-order valence-corrected chi connectivity index (χ0v) is 10.7. The average molecular weight is 249 g/mol. The fourth-order valence-corrected chi connectivity index (χ4v) is 2.74. The number of hydrogen-bond donors (Lipinski definition) is 1. The normalized spacial score (nSPS) is 12.8. The number of benzene rings is 1. The van der Waals surface area contributed by atoms with Crippen LogP contribution in [0.15, 0.2) is 36.2 Å². The first-order chi connectivity index (χ1) is 8.26. The molecule has 1 N–H and O–H groups in total. The zero-order valence-electron chi connectivity index (χ0n) is 9.87. The van der Waals surface area contributed by atoms with E-state index in [1.807, 2.05) is 7.05 Å². The van der Waals surface area contributed by atoms with Crippen LogP contribution in [0.2, 0.25) is 0 Å². The van der Waals surface area contributed by atoms with E-state index in [2.05, 4.69) is 41.5 Å². The number of halogens is 1. The Labute approximate surface area is 105 Å². The summed E-state index contributed by atoms with van der Waals surface area (Å²) in [6, 6.07) is 8.39. The molecular weight excluding hydrogens is 233 g/mol. The number of likely N-dealkylation sites (N-methyl/N-ethyl adjacent to an activating group) is 1. The van der Waals surface area contributed by atoms with Crippen LogP contribution < -0.4 is 5.32 Å². The molecule has 0 spiro atoms. The highest BCUT2D eigenvalue weighted by Gasteiger charge is 2.12. The van der Waals surface area contributed by atoms with E-state index in [1.165, 1.54) is 10.1 Å². The van der Waals surface area contributed by atoms with Crippen molar-refractivity contribution in [3.8, 4) is 0 Å². The maximum Gasteiger partial charge on any atom is 0.0912 e.